The minimum absolute atomic E-state index is 0.553. The minimum Gasteiger partial charge on any atom is -0.436 e. The third-order valence-corrected chi connectivity index (χ3v) is 8.21. The SMILES string of the molecule is Clc1ccc(-c2nc3c(-c4ccc(-c5cnccn5)cc4)cc(-c4ccc(-c5cccc6ccccc56)cc4)cc3o2)cc1. The Balaban J connectivity index is 1.24. The molecule has 8 aromatic rings. The fourth-order valence-corrected chi connectivity index (χ4v) is 5.85. The topological polar surface area (TPSA) is 51.8 Å². The van der Waals surface area contributed by atoms with Crippen LogP contribution in [0.5, 0.6) is 0 Å². The largest absolute Gasteiger partial charge is 0.436 e. The van der Waals surface area contributed by atoms with Gasteiger partial charge in [0, 0.05) is 34.1 Å². The van der Waals surface area contributed by atoms with Crippen molar-refractivity contribution in [2.45, 2.75) is 0 Å². The van der Waals surface area contributed by atoms with Crippen molar-refractivity contribution in [3.63, 3.8) is 0 Å². The van der Waals surface area contributed by atoms with Crippen molar-refractivity contribution in [2.75, 3.05) is 0 Å². The second-order valence-corrected chi connectivity index (χ2v) is 11.1. The first-order valence-electron chi connectivity index (χ1n) is 14.4. The molecule has 0 unspecified atom stereocenters. The molecule has 0 aliphatic heterocycles. The van der Waals surface area contributed by atoms with E-state index in [1.54, 1.807) is 18.6 Å². The molecule has 0 atom stereocenters. The highest BCUT2D eigenvalue weighted by Crippen LogP contribution is 2.38. The lowest BCUT2D eigenvalue weighted by atomic mass is 9.94. The van der Waals surface area contributed by atoms with Crippen LogP contribution in [0, 0.1) is 0 Å². The second-order valence-electron chi connectivity index (χ2n) is 10.7. The zero-order valence-corrected chi connectivity index (χ0v) is 24.2. The van der Waals surface area contributed by atoms with Crippen molar-refractivity contribution in [1.29, 1.82) is 0 Å². The van der Waals surface area contributed by atoms with Gasteiger partial charge in [-0.3, -0.25) is 9.97 Å². The van der Waals surface area contributed by atoms with E-state index in [1.807, 2.05) is 24.3 Å². The standard InChI is InChI=1S/C39H24ClN3O/c40-32-18-16-30(17-19-32)39-43-38-35(28-12-14-29(15-13-28)36-24-41-20-21-42-36)22-31(23-37(38)44-39)25-8-10-27(11-9-25)34-7-3-5-26-4-1-2-6-33(26)34/h1-24H. The molecule has 8 rings (SSSR count). The fourth-order valence-electron chi connectivity index (χ4n) is 5.72. The summed E-state index contributed by atoms with van der Waals surface area (Å²) in [5.41, 5.74) is 10.8. The summed E-state index contributed by atoms with van der Waals surface area (Å²) in [5.74, 6) is 0.553. The number of hydrogen-bond donors (Lipinski definition) is 0. The fraction of sp³-hybridized carbons (Fsp3) is 0. The van der Waals surface area contributed by atoms with Gasteiger partial charge in [0.1, 0.15) is 5.52 Å². The molecule has 4 nitrogen and oxygen atoms in total. The molecule has 0 aliphatic carbocycles. The monoisotopic (exact) mass is 585 g/mol. The van der Waals surface area contributed by atoms with Crippen LogP contribution in [-0.2, 0) is 0 Å². The molecule has 5 heteroatoms. The lowest BCUT2D eigenvalue weighted by Crippen LogP contribution is -1.87. The third-order valence-electron chi connectivity index (χ3n) is 7.96. The Morgan fingerprint density at radius 1 is 0.545 bits per heavy atom. The Labute approximate surface area is 259 Å². The zero-order valence-electron chi connectivity index (χ0n) is 23.5. The Bertz CT molecular complexity index is 2250. The first-order valence-corrected chi connectivity index (χ1v) is 14.7. The van der Waals surface area contributed by atoms with Gasteiger partial charge in [-0.05, 0) is 75.0 Å². The molecule has 0 radical (unpaired) electrons. The van der Waals surface area contributed by atoms with Crippen molar-refractivity contribution in [2.24, 2.45) is 0 Å². The normalized spacial score (nSPS) is 11.3. The summed E-state index contributed by atoms with van der Waals surface area (Å²) in [6.07, 6.45) is 5.15. The molecule has 0 N–H and O–H groups in total. The summed E-state index contributed by atoms with van der Waals surface area (Å²) in [6.45, 7) is 0. The maximum atomic E-state index is 6.38. The van der Waals surface area contributed by atoms with Gasteiger partial charge in [-0.25, -0.2) is 4.98 Å². The van der Waals surface area contributed by atoms with Crippen molar-refractivity contribution in [3.05, 3.63) is 151 Å². The highest BCUT2D eigenvalue weighted by Gasteiger charge is 2.16. The number of hydrogen-bond acceptors (Lipinski definition) is 4. The van der Waals surface area contributed by atoms with E-state index in [4.69, 9.17) is 21.0 Å². The molecule has 0 saturated carbocycles. The molecule has 2 heterocycles. The van der Waals surface area contributed by atoms with Gasteiger partial charge < -0.3 is 4.42 Å². The minimum atomic E-state index is 0.553. The van der Waals surface area contributed by atoms with E-state index in [9.17, 15) is 0 Å². The first-order chi connectivity index (χ1) is 21.7. The molecule has 44 heavy (non-hydrogen) atoms. The molecule has 208 valence electrons. The van der Waals surface area contributed by atoms with Crippen molar-refractivity contribution in [1.82, 2.24) is 15.0 Å². The van der Waals surface area contributed by atoms with Crippen LogP contribution in [0.2, 0.25) is 5.02 Å². The predicted molar refractivity (Wildman–Crippen MR) is 179 cm³/mol. The van der Waals surface area contributed by atoms with Crippen LogP contribution in [0.15, 0.2) is 150 Å². The average molecular weight is 586 g/mol. The molecule has 0 bridgehead atoms. The van der Waals surface area contributed by atoms with E-state index in [-0.39, 0.29) is 0 Å². The molecule has 0 amide bonds. The molecule has 0 saturated heterocycles. The first kappa shape index (κ1) is 26.1. The summed E-state index contributed by atoms with van der Waals surface area (Å²) < 4.78 is 6.38. The summed E-state index contributed by atoms with van der Waals surface area (Å²) in [6, 6.07) is 43.8. The molecule has 0 aliphatic rings. The highest BCUT2D eigenvalue weighted by molar-refractivity contribution is 6.30. The molecule has 6 aromatic carbocycles. The van der Waals surface area contributed by atoms with E-state index in [0.717, 1.165) is 50.2 Å². The number of halogens is 1. The van der Waals surface area contributed by atoms with Crippen LogP contribution in [-0.4, -0.2) is 15.0 Å². The average Bonchev–Trinajstić information content (AvgIpc) is 3.53. The third kappa shape index (κ3) is 4.81. The van der Waals surface area contributed by atoms with Crippen LogP contribution in [0.25, 0.3) is 78.0 Å². The lowest BCUT2D eigenvalue weighted by molar-refractivity contribution is 0.620. The van der Waals surface area contributed by atoms with E-state index in [1.165, 1.54) is 21.9 Å². The van der Waals surface area contributed by atoms with Gasteiger partial charge in [0.2, 0.25) is 5.89 Å². The Kier molecular flexibility index (Phi) is 6.47. The van der Waals surface area contributed by atoms with Crippen molar-refractivity contribution >= 4 is 33.5 Å². The van der Waals surface area contributed by atoms with Gasteiger partial charge in [0.05, 0.1) is 11.9 Å². The van der Waals surface area contributed by atoms with Crippen molar-refractivity contribution < 1.29 is 4.42 Å². The maximum absolute atomic E-state index is 6.38. The zero-order chi connectivity index (χ0) is 29.5. The Morgan fingerprint density at radius 2 is 1.23 bits per heavy atom. The summed E-state index contributed by atoms with van der Waals surface area (Å²) in [5, 5.41) is 3.15. The number of benzene rings is 6. The molecule has 0 spiro atoms. The number of aromatic nitrogens is 3. The van der Waals surface area contributed by atoms with Crippen LogP contribution < -0.4 is 0 Å². The van der Waals surface area contributed by atoms with Crippen molar-refractivity contribution in [3.8, 4) is 56.1 Å². The van der Waals surface area contributed by atoms with Crippen LogP contribution in [0.4, 0.5) is 0 Å². The van der Waals surface area contributed by atoms with Gasteiger partial charge in [-0.15, -0.1) is 0 Å². The van der Waals surface area contributed by atoms with Gasteiger partial charge >= 0.3 is 0 Å². The van der Waals surface area contributed by atoms with Gasteiger partial charge in [-0.2, -0.15) is 0 Å². The van der Waals surface area contributed by atoms with Gasteiger partial charge in [-0.1, -0.05) is 103 Å². The second kappa shape index (κ2) is 10.9. The summed E-state index contributed by atoms with van der Waals surface area (Å²) in [4.78, 5) is 13.6. The summed E-state index contributed by atoms with van der Waals surface area (Å²) >= 11 is 6.15. The van der Waals surface area contributed by atoms with Crippen LogP contribution in [0.1, 0.15) is 0 Å². The Morgan fingerprint density at radius 3 is 2.00 bits per heavy atom. The number of nitrogens with zero attached hydrogens (tertiary/aromatic N) is 3. The number of oxazole rings is 1. The lowest BCUT2D eigenvalue weighted by Gasteiger charge is -2.10. The highest BCUT2D eigenvalue weighted by atomic mass is 35.5. The van der Waals surface area contributed by atoms with Crippen LogP contribution >= 0.6 is 11.6 Å². The van der Waals surface area contributed by atoms with E-state index in [2.05, 4.69) is 113 Å². The van der Waals surface area contributed by atoms with Gasteiger partial charge in [0.15, 0.2) is 5.58 Å². The molecule has 0 fully saturated rings. The molecular weight excluding hydrogens is 562 g/mol. The predicted octanol–water partition coefficient (Wildman–Crippen LogP) is 10.8. The molecular formula is C39H24ClN3O. The Hall–Kier alpha value is -5.58. The number of rotatable bonds is 5. The van der Waals surface area contributed by atoms with E-state index < -0.39 is 0 Å². The maximum Gasteiger partial charge on any atom is 0.227 e. The van der Waals surface area contributed by atoms with Gasteiger partial charge in [0.25, 0.3) is 0 Å². The smallest absolute Gasteiger partial charge is 0.227 e. The van der Waals surface area contributed by atoms with E-state index in [0.29, 0.717) is 10.9 Å². The van der Waals surface area contributed by atoms with E-state index >= 15 is 0 Å². The molecule has 2 aromatic heterocycles. The quantitative estimate of drug-likeness (QED) is 0.201. The summed E-state index contributed by atoms with van der Waals surface area (Å²) in [7, 11) is 0. The number of fused-ring (bicyclic) bond motifs is 2. The van der Waals surface area contributed by atoms with Crippen LogP contribution in [0.3, 0.4) is 0 Å².